The van der Waals surface area contributed by atoms with E-state index in [0.717, 1.165) is 0 Å². The number of halogens is 1. The van der Waals surface area contributed by atoms with E-state index in [1.54, 1.807) is 4.90 Å². The zero-order valence-electron chi connectivity index (χ0n) is 10.2. The molecule has 0 radical (unpaired) electrons. The minimum absolute atomic E-state index is 0.106. The lowest BCUT2D eigenvalue weighted by atomic mass is 10.1. The highest BCUT2D eigenvalue weighted by Gasteiger charge is 2.33. The number of benzene rings is 1. The van der Waals surface area contributed by atoms with Crippen LogP contribution in [0.4, 0.5) is 10.1 Å². The highest BCUT2D eigenvalue weighted by molar-refractivity contribution is 6.01. The summed E-state index contributed by atoms with van der Waals surface area (Å²) in [7, 11) is 0. The van der Waals surface area contributed by atoms with Gasteiger partial charge in [0.25, 0.3) is 0 Å². The normalized spacial score (nSPS) is 21.6. The molecule has 0 aliphatic carbocycles. The number of carbonyl (C=O) groups is 2. The van der Waals surface area contributed by atoms with Crippen molar-refractivity contribution < 1.29 is 18.7 Å². The molecule has 0 bridgehead atoms. The van der Waals surface area contributed by atoms with Crippen molar-refractivity contribution in [2.24, 2.45) is 0 Å². The number of nitrogens with one attached hydrogen (secondary N) is 1. The third-order valence-corrected chi connectivity index (χ3v) is 3.34. The molecule has 6 heteroatoms. The Balaban J connectivity index is 1.87. The number of fused-ring (bicyclic) bond motifs is 1. The summed E-state index contributed by atoms with van der Waals surface area (Å²) in [5, 5.41) is 2.65. The minimum atomic E-state index is -0.483. The van der Waals surface area contributed by atoms with Gasteiger partial charge in [0.1, 0.15) is 24.2 Å². The first kappa shape index (κ1) is 12.0. The number of rotatable bonds is 1. The summed E-state index contributed by atoms with van der Waals surface area (Å²) >= 11 is 0. The summed E-state index contributed by atoms with van der Waals surface area (Å²) in [5.74, 6) is -0.306. The zero-order chi connectivity index (χ0) is 13.4. The maximum absolute atomic E-state index is 13.1. The second kappa shape index (κ2) is 4.53. The molecule has 1 N–H and O–H groups in total. The van der Waals surface area contributed by atoms with Crippen molar-refractivity contribution >= 4 is 17.5 Å². The number of amides is 2. The van der Waals surface area contributed by atoms with Crippen molar-refractivity contribution in [1.29, 1.82) is 0 Å². The lowest BCUT2D eigenvalue weighted by molar-refractivity contribution is -0.124. The van der Waals surface area contributed by atoms with Crippen LogP contribution in [0.15, 0.2) is 18.2 Å². The van der Waals surface area contributed by atoms with Gasteiger partial charge in [0.15, 0.2) is 0 Å². The van der Waals surface area contributed by atoms with Crippen molar-refractivity contribution in [2.75, 3.05) is 18.1 Å². The first-order valence-corrected chi connectivity index (χ1v) is 6.18. The Morgan fingerprint density at radius 3 is 3.05 bits per heavy atom. The summed E-state index contributed by atoms with van der Waals surface area (Å²) in [6.07, 6.45) is 0.878. The van der Waals surface area contributed by atoms with Crippen LogP contribution in [0.2, 0.25) is 0 Å². The van der Waals surface area contributed by atoms with Crippen LogP contribution in [-0.4, -0.2) is 31.0 Å². The third-order valence-electron chi connectivity index (χ3n) is 3.34. The summed E-state index contributed by atoms with van der Waals surface area (Å²) in [5.41, 5.74) is 0.554. The molecule has 19 heavy (non-hydrogen) atoms. The van der Waals surface area contributed by atoms with Crippen molar-refractivity contribution in [1.82, 2.24) is 5.32 Å². The summed E-state index contributed by atoms with van der Waals surface area (Å²) in [6, 6.07) is 3.60. The van der Waals surface area contributed by atoms with Crippen molar-refractivity contribution in [3.05, 3.63) is 24.0 Å². The molecule has 1 aromatic carbocycles. The summed E-state index contributed by atoms with van der Waals surface area (Å²) in [6.45, 7) is 0.729. The molecular formula is C13H13FN2O3. The molecule has 5 nitrogen and oxygen atoms in total. The van der Waals surface area contributed by atoms with Crippen LogP contribution in [0.3, 0.4) is 0 Å². The van der Waals surface area contributed by atoms with Gasteiger partial charge >= 0.3 is 0 Å². The predicted molar refractivity (Wildman–Crippen MR) is 65.4 cm³/mol. The van der Waals surface area contributed by atoms with Crippen molar-refractivity contribution in [3.8, 4) is 5.75 Å². The molecule has 0 saturated carbocycles. The molecule has 1 atom stereocenters. The van der Waals surface area contributed by atoms with Crippen LogP contribution in [0.25, 0.3) is 0 Å². The van der Waals surface area contributed by atoms with Gasteiger partial charge in [0.2, 0.25) is 11.8 Å². The fourth-order valence-electron chi connectivity index (χ4n) is 2.41. The molecule has 1 unspecified atom stereocenters. The lowest BCUT2D eigenvalue weighted by Crippen LogP contribution is -2.47. The van der Waals surface area contributed by atoms with Gasteiger partial charge < -0.3 is 15.0 Å². The summed E-state index contributed by atoms with van der Waals surface area (Å²) < 4.78 is 18.5. The number of anilines is 1. The summed E-state index contributed by atoms with van der Waals surface area (Å²) in [4.78, 5) is 25.1. The van der Waals surface area contributed by atoms with Gasteiger partial charge in [-0.25, -0.2) is 4.39 Å². The van der Waals surface area contributed by atoms with Crippen molar-refractivity contribution in [3.63, 3.8) is 0 Å². The predicted octanol–water partition coefficient (Wildman–Crippen LogP) is 0.830. The first-order chi connectivity index (χ1) is 9.15. The molecule has 0 spiro atoms. The molecule has 0 aromatic heterocycles. The number of hydrogen-bond acceptors (Lipinski definition) is 3. The maximum atomic E-state index is 13.1. The zero-order valence-corrected chi connectivity index (χ0v) is 10.2. The first-order valence-electron chi connectivity index (χ1n) is 6.18. The van der Waals surface area contributed by atoms with Gasteiger partial charge in [-0.1, -0.05) is 0 Å². The fraction of sp³-hybridized carbons (Fsp3) is 0.385. The molecule has 1 saturated heterocycles. The van der Waals surface area contributed by atoms with E-state index < -0.39 is 11.9 Å². The molecule has 2 aliphatic rings. The Morgan fingerprint density at radius 1 is 1.47 bits per heavy atom. The minimum Gasteiger partial charge on any atom is -0.489 e. The molecule has 2 aliphatic heterocycles. The Kier molecular flexibility index (Phi) is 2.85. The Bertz CT molecular complexity index is 547. The van der Waals surface area contributed by atoms with E-state index in [0.29, 0.717) is 37.4 Å². The van der Waals surface area contributed by atoms with E-state index in [-0.39, 0.29) is 11.8 Å². The van der Waals surface area contributed by atoms with E-state index in [1.165, 1.54) is 18.2 Å². The van der Waals surface area contributed by atoms with Gasteiger partial charge in [-0.15, -0.1) is 0 Å². The van der Waals surface area contributed by atoms with Crippen LogP contribution in [0.1, 0.15) is 12.8 Å². The van der Waals surface area contributed by atoms with Crippen LogP contribution in [-0.2, 0) is 9.59 Å². The number of hydrogen-bond donors (Lipinski definition) is 1. The van der Waals surface area contributed by atoms with Crippen LogP contribution >= 0.6 is 0 Å². The highest BCUT2D eigenvalue weighted by atomic mass is 19.1. The van der Waals surface area contributed by atoms with E-state index in [9.17, 15) is 14.0 Å². The third kappa shape index (κ3) is 2.14. The topological polar surface area (TPSA) is 58.6 Å². The molecule has 1 fully saturated rings. The highest BCUT2D eigenvalue weighted by Crippen LogP contribution is 2.32. The monoisotopic (exact) mass is 264 g/mol. The second-order valence-corrected chi connectivity index (χ2v) is 4.61. The lowest BCUT2D eigenvalue weighted by Gasteiger charge is -2.31. The largest absolute Gasteiger partial charge is 0.489 e. The average Bonchev–Trinajstić information content (AvgIpc) is 2.83. The molecule has 3 rings (SSSR count). The average molecular weight is 264 g/mol. The van der Waals surface area contributed by atoms with Gasteiger partial charge in [-0.2, -0.15) is 0 Å². The number of ether oxygens (including phenoxy) is 1. The van der Waals surface area contributed by atoms with Gasteiger partial charge in [0.05, 0.1) is 12.2 Å². The second-order valence-electron chi connectivity index (χ2n) is 4.61. The van der Waals surface area contributed by atoms with Gasteiger partial charge in [-0.05, 0) is 18.6 Å². The molecular weight excluding hydrogens is 251 g/mol. The van der Waals surface area contributed by atoms with Gasteiger partial charge in [0, 0.05) is 12.5 Å². The standard InChI is InChI=1S/C13H13FN2O3/c14-8-1-3-10-11(7-8)19-6-5-16(10)13(18)9-2-4-12(17)15-9/h1,3,7,9H,2,4-6H2,(H,15,17). The van der Waals surface area contributed by atoms with E-state index >= 15 is 0 Å². The van der Waals surface area contributed by atoms with E-state index in [4.69, 9.17) is 4.74 Å². The molecule has 2 amide bonds. The van der Waals surface area contributed by atoms with Crippen LogP contribution in [0, 0.1) is 5.82 Å². The fourth-order valence-corrected chi connectivity index (χ4v) is 2.41. The van der Waals surface area contributed by atoms with Crippen LogP contribution < -0.4 is 15.0 Å². The van der Waals surface area contributed by atoms with Crippen molar-refractivity contribution in [2.45, 2.75) is 18.9 Å². The quantitative estimate of drug-likeness (QED) is 0.817. The number of carbonyl (C=O) groups excluding carboxylic acids is 2. The number of nitrogens with zero attached hydrogens (tertiary/aromatic N) is 1. The van der Waals surface area contributed by atoms with Gasteiger partial charge in [-0.3, -0.25) is 9.59 Å². The maximum Gasteiger partial charge on any atom is 0.249 e. The smallest absolute Gasteiger partial charge is 0.249 e. The Hall–Kier alpha value is -2.11. The van der Waals surface area contributed by atoms with E-state index in [1.807, 2.05) is 0 Å². The molecule has 2 heterocycles. The van der Waals surface area contributed by atoms with E-state index in [2.05, 4.69) is 5.32 Å². The molecule has 100 valence electrons. The SMILES string of the molecule is O=C1CCC(C(=O)N2CCOc3cc(F)ccc32)N1. The van der Waals surface area contributed by atoms with Crippen LogP contribution in [0.5, 0.6) is 5.75 Å². The Morgan fingerprint density at radius 2 is 2.32 bits per heavy atom. The Labute approximate surface area is 109 Å². The molecule has 1 aromatic rings.